The fourth-order valence-electron chi connectivity index (χ4n) is 2.51. The smallest absolute Gasteiger partial charge is 0.385 e. The number of rotatable bonds is 1. The van der Waals surface area contributed by atoms with Crippen molar-refractivity contribution in [1.29, 1.82) is 0 Å². The van der Waals surface area contributed by atoms with Crippen LogP contribution in [-0.4, -0.2) is 34.8 Å². The molecule has 0 unspecified atom stereocenters. The van der Waals surface area contributed by atoms with Crippen molar-refractivity contribution in [2.45, 2.75) is 50.5 Å². The van der Waals surface area contributed by atoms with E-state index in [0.29, 0.717) is 6.07 Å². The molecular weight excluding hydrogens is 409 g/mol. The number of nitrogens with two attached hydrogens (primary N) is 1. The second kappa shape index (κ2) is 6.04. The lowest BCUT2D eigenvalue weighted by molar-refractivity contribution is -0.188. The standard InChI is InChI=1S/C14H14F9N5/c1-10(2,3)28-5-4-6(7(28)24)11(14(21,22)23)26-8(12(15,16)17)25-9(27-11)13(18,19)20/h4-5H,24H2,1-3H3,(H,25,26,27). The van der Waals surface area contributed by atoms with Gasteiger partial charge in [-0.15, -0.1) is 0 Å². The molecule has 1 aliphatic heterocycles. The van der Waals surface area contributed by atoms with Gasteiger partial charge in [0.25, 0.3) is 5.66 Å². The molecule has 0 amide bonds. The van der Waals surface area contributed by atoms with Gasteiger partial charge in [-0.05, 0) is 26.8 Å². The number of nitrogens with one attached hydrogen (secondary N) is 1. The molecule has 0 aliphatic carbocycles. The van der Waals surface area contributed by atoms with Gasteiger partial charge in [0.1, 0.15) is 5.82 Å². The van der Waals surface area contributed by atoms with Crippen molar-refractivity contribution >= 4 is 17.5 Å². The van der Waals surface area contributed by atoms with Crippen molar-refractivity contribution in [2.75, 3.05) is 5.73 Å². The van der Waals surface area contributed by atoms with Crippen LogP contribution in [0, 0.1) is 0 Å². The van der Waals surface area contributed by atoms with Crippen LogP contribution in [0.3, 0.4) is 0 Å². The number of hydrogen-bond acceptors (Lipinski definition) is 4. The van der Waals surface area contributed by atoms with E-state index in [2.05, 4.69) is 9.98 Å². The molecule has 28 heavy (non-hydrogen) atoms. The fourth-order valence-corrected chi connectivity index (χ4v) is 2.51. The van der Waals surface area contributed by atoms with E-state index in [9.17, 15) is 39.5 Å². The summed E-state index contributed by atoms with van der Waals surface area (Å²) in [5.41, 5.74) is -0.649. The number of aliphatic imine (C=N–C) groups is 2. The van der Waals surface area contributed by atoms with Gasteiger partial charge < -0.3 is 15.6 Å². The Kier molecular flexibility index (Phi) is 4.72. The number of halogens is 9. The van der Waals surface area contributed by atoms with Crippen LogP contribution in [0.5, 0.6) is 0 Å². The molecule has 0 aromatic carbocycles. The van der Waals surface area contributed by atoms with Crippen LogP contribution in [-0.2, 0) is 11.2 Å². The first-order valence-electron chi connectivity index (χ1n) is 7.46. The topological polar surface area (TPSA) is 67.7 Å². The molecule has 0 saturated carbocycles. The maximum absolute atomic E-state index is 13.8. The maximum Gasteiger partial charge on any atom is 0.449 e. The lowest BCUT2D eigenvalue weighted by atomic mass is 10.0. The summed E-state index contributed by atoms with van der Waals surface area (Å²) in [5.74, 6) is -5.70. The highest BCUT2D eigenvalue weighted by Crippen LogP contribution is 2.49. The summed E-state index contributed by atoms with van der Waals surface area (Å²) in [6.45, 7) is 4.56. The van der Waals surface area contributed by atoms with Crippen molar-refractivity contribution in [3.05, 3.63) is 17.8 Å². The molecule has 0 saturated heterocycles. The molecule has 0 radical (unpaired) electrons. The monoisotopic (exact) mass is 423 g/mol. The summed E-state index contributed by atoms with van der Waals surface area (Å²) in [7, 11) is 0. The first kappa shape index (κ1) is 21.9. The number of amidine groups is 2. The Hall–Kier alpha value is -2.41. The quantitative estimate of drug-likeness (QED) is 0.669. The summed E-state index contributed by atoms with van der Waals surface area (Å²) in [5, 5.41) is 0.789. The van der Waals surface area contributed by atoms with E-state index in [1.54, 1.807) is 0 Å². The Morgan fingerprint density at radius 2 is 1.32 bits per heavy atom. The van der Waals surface area contributed by atoms with Gasteiger partial charge >= 0.3 is 18.5 Å². The SMILES string of the molecule is CC(C)(C)n1ccc(C2(C(F)(F)F)N=C(C(F)(F)F)NC(C(F)(F)F)=N2)c1N. The molecule has 0 atom stereocenters. The Bertz CT molecular complexity index is 788. The minimum Gasteiger partial charge on any atom is -0.385 e. The molecule has 1 aliphatic rings. The summed E-state index contributed by atoms with van der Waals surface area (Å²) in [6, 6.07) is 0.647. The number of hydrogen-bond donors (Lipinski definition) is 2. The first-order chi connectivity index (χ1) is 12.3. The molecule has 1 aromatic heterocycles. The van der Waals surface area contributed by atoms with Gasteiger partial charge in [0.15, 0.2) is 0 Å². The summed E-state index contributed by atoms with van der Waals surface area (Å²) >= 11 is 0. The van der Waals surface area contributed by atoms with Gasteiger partial charge in [-0.2, -0.15) is 39.5 Å². The first-order valence-corrected chi connectivity index (χ1v) is 7.46. The predicted molar refractivity (Wildman–Crippen MR) is 81.7 cm³/mol. The van der Waals surface area contributed by atoms with Gasteiger partial charge in [-0.1, -0.05) is 0 Å². The van der Waals surface area contributed by atoms with Crippen LogP contribution in [0.2, 0.25) is 0 Å². The van der Waals surface area contributed by atoms with Gasteiger partial charge in [0.2, 0.25) is 11.7 Å². The summed E-state index contributed by atoms with van der Waals surface area (Å²) in [6.07, 6.45) is -16.0. The average molecular weight is 423 g/mol. The largest absolute Gasteiger partial charge is 0.449 e. The zero-order valence-corrected chi connectivity index (χ0v) is 14.5. The Morgan fingerprint density at radius 3 is 1.61 bits per heavy atom. The Labute approximate surface area is 152 Å². The number of alkyl halides is 9. The fraction of sp³-hybridized carbons (Fsp3) is 0.571. The lowest BCUT2D eigenvalue weighted by Gasteiger charge is -2.34. The number of nitrogen functional groups attached to an aromatic ring is 1. The van der Waals surface area contributed by atoms with Crippen molar-refractivity contribution in [1.82, 2.24) is 9.88 Å². The molecule has 3 N–H and O–H groups in total. The molecule has 2 heterocycles. The Balaban J connectivity index is 2.91. The zero-order chi connectivity index (χ0) is 21.9. The van der Waals surface area contributed by atoms with E-state index in [4.69, 9.17) is 5.73 Å². The van der Waals surface area contributed by atoms with Crippen LogP contribution in [0.1, 0.15) is 26.3 Å². The van der Waals surface area contributed by atoms with Crippen molar-refractivity contribution in [3.8, 4) is 0 Å². The molecule has 158 valence electrons. The molecular formula is C14H14F9N5. The van der Waals surface area contributed by atoms with E-state index in [0.717, 1.165) is 16.1 Å². The Morgan fingerprint density at radius 1 is 0.893 bits per heavy atom. The lowest BCUT2D eigenvalue weighted by Crippen LogP contribution is -2.55. The minimum atomic E-state index is -5.76. The molecule has 0 spiro atoms. The highest BCUT2D eigenvalue weighted by atomic mass is 19.4. The van der Waals surface area contributed by atoms with E-state index in [-0.39, 0.29) is 0 Å². The number of aromatic nitrogens is 1. The third-order valence-electron chi connectivity index (χ3n) is 3.74. The third-order valence-corrected chi connectivity index (χ3v) is 3.74. The summed E-state index contributed by atoms with van der Waals surface area (Å²) in [4.78, 5) is 5.04. The second-order valence-electron chi connectivity index (χ2n) is 6.87. The average Bonchev–Trinajstić information content (AvgIpc) is 2.85. The molecule has 0 bridgehead atoms. The van der Waals surface area contributed by atoms with Gasteiger partial charge in [0, 0.05) is 11.7 Å². The van der Waals surface area contributed by atoms with Crippen LogP contribution in [0.25, 0.3) is 0 Å². The molecule has 1 aromatic rings. The zero-order valence-electron chi connectivity index (χ0n) is 14.5. The maximum atomic E-state index is 13.8. The van der Waals surface area contributed by atoms with Gasteiger partial charge in [-0.3, -0.25) is 0 Å². The molecule has 14 heteroatoms. The van der Waals surface area contributed by atoms with Gasteiger partial charge in [0.05, 0.1) is 5.56 Å². The van der Waals surface area contributed by atoms with E-state index in [1.807, 2.05) is 0 Å². The van der Waals surface area contributed by atoms with Crippen molar-refractivity contribution in [2.24, 2.45) is 9.98 Å². The highest BCUT2D eigenvalue weighted by Gasteiger charge is 2.63. The van der Waals surface area contributed by atoms with E-state index >= 15 is 0 Å². The van der Waals surface area contributed by atoms with Crippen LogP contribution < -0.4 is 11.1 Å². The van der Waals surface area contributed by atoms with E-state index in [1.165, 1.54) is 20.8 Å². The summed E-state index contributed by atoms with van der Waals surface area (Å²) < 4.78 is 121. The molecule has 0 fully saturated rings. The number of nitrogens with zero attached hydrogens (tertiary/aromatic N) is 3. The highest BCUT2D eigenvalue weighted by molar-refractivity contribution is 6.07. The minimum absolute atomic E-state index is 0.647. The van der Waals surface area contributed by atoms with E-state index < -0.39 is 52.8 Å². The third kappa shape index (κ3) is 3.63. The molecule has 5 nitrogen and oxygen atoms in total. The van der Waals surface area contributed by atoms with Gasteiger partial charge in [-0.25, -0.2) is 9.98 Å². The van der Waals surface area contributed by atoms with Crippen LogP contribution in [0.15, 0.2) is 22.2 Å². The van der Waals surface area contributed by atoms with Crippen LogP contribution >= 0.6 is 0 Å². The van der Waals surface area contributed by atoms with Crippen molar-refractivity contribution < 1.29 is 39.5 Å². The normalized spacial score (nSPS) is 18.4. The number of anilines is 1. The van der Waals surface area contributed by atoms with Crippen LogP contribution in [0.4, 0.5) is 45.3 Å². The predicted octanol–water partition coefficient (Wildman–Crippen LogP) is 4.07. The second-order valence-corrected chi connectivity index (χ2v) is 6.87. The van der Waals surface area contributed by atoms with Crippen molar-refractivity contribution in [3.63, 3.8) is 0 Å². The molecule has 2 rings (SSSR count).